The summed E-state index contributed by atoms with van der Waals surface area (Å²) in [7, 11) is 0. The SMILES string of the molecule is C.C=CCCBr.C=CCC[C@H](N=C(c1ccccc1)c1ccccc1)C(=O)OC(C)(C)C.CC(C)(C)OC(=O)CN=C(c1ccccc1)c1ccccc1. The molecule has 4 aromatic carbocycles. The fourth-order valence-corrected chi connectivity index (χ4v) is 5.00. The Hall–Kier alpha value is -4.88. The minimum atomic E-state index is -0.567. The number of esters is 2. The Labute approximate surface area is 333 Å². The largest absolute Gasteiger partial charge is 0.459 e. The van der Waals surface area contributed by atoms with Gasteiger partial charge < -0.3 is 9.47 Å². The summed E-state index contributed by atoms with van der Waals surface area (Å²) in [6.45, 7) is 18.5. The van der Waals surface area contributed by atoms with E-state index in [1.807, 2.05) is 169 Å². The van der Waals surface area contributed by atoms with Gasteiger partial charge in [-0.25, -0.2) is 4.79 Å². The molecule has 0 fully saturated rings. The molecule has 0 saturated carbocycles. The topological polar surface area (TPSA) is 77.3 Å². The predicted molar refractivity (Wildman–Crippen MR) is 232 cm³/mol. The molecule has 7 heteroatoms. The summed E-state index contributed by atoms with van der Waals surface area (Å²) in [6, 6.07) is 39.0. The molecule has 0 N–H and O–H groups in total. The summed E-state index contributed by atoms with van der Waals surface area (Å²) in [4.78, 5) is 33.9. The molecule has 0 bridgehead atoms. The Bertz CT molecular complexity index is 1640. The molecule has 0 amide bonds. The summed E-state index contributed by atoms with van der Waals surface area (Å²) < 4.78 is 10.9. The van der Waals surface area contributed by atoms with Crippen molar-refractivity contribution in [1.29, 1.82) is 0 Å². The van der Waals surface area contributed by atoms with Crippen LogP contribution in [0.5, 0.6) is 0 Å². The maximum atomic E-state index is 12.7. The van der Waals surface area contributed by atoms with Crippen LogP contribution in [0.15, 0.2) is 157 Å². The molecule has 6 nitrogen and oxygen atoms in total. The molecule has 0 heterocycles. The van der Waals surface area contributed by atoms with Crippen molar-refractivity contribution in [2.45, 2.75) is 85.5 Å². The Balaban J connectivity index is 0.000000476. The first-order chi connectivity index (χ1) is 25.3. The van der Waals surface area contributed by atoms with Gasteiger partial charge in [-0.2, -0.15) is 0 Å². The van der Waals surface area contributed by atoms with Crippen LogP contribution in [0.2, 0.25) is 0 Å². The predicted octanol–water partition coefficient (Wildman–Crippen LogP) is 11.7. The molecule has 0 radical (unpaired) electrons. The van der Waals surface area contributed by atoms with Crippen LogP contribution < -0.4 is 0 Å². The smallest absolute Gasteiger partial charge is 0.331 e. The second-order valence-electron chi connectivity index (χ2n) is 13.9. The highest BCUT2D eigenvalue weighted by Crippen LogP contribution is 2.18. The zero-order valence-electron chi connectivity index (χ0n) is 32.1. The van der Waals surface area contributed by atoms with Gasteiger partial charge in [0, 0.05) is 27.6 Å². The number of rotatable bonds is 13. The third kappa shape index (κ3) is 19.3. The number of benzene rings is 4. The van der Waals surface area contributed by atoms with Crippen LogP contribution in [0.25, 0.3) is 0 Å². The molecule has 1 atom stereocenters. The highest BCUT2D eigenvalue weighted by Gasteiger charge is 2.25. The summed E-state index contributed by atoms with van der Waals surface area (Å²) in [6.07, 6.45) is 6.03. The average Bonchev–Trinajstić information content (AvgIpc) is 3.13. The number of carbonyl (C=O) groups excluding carboxylic acids is 2. The molecule has 288 valence electrons. The minimum absolute atomic E-state index is 0. The normalized spacial score (nSPS) is 10.9. The molecule has 4 aromatic rings. The van der Waals surface area contributed by atoms with E-state index in [2.05, 4.69) is 34.1 Å². The van der Waals surface area contributed by atoms with Gasteiger partial charge in [0.2, 0.25) is 0 Å². The summed E-state index contributed by atoms with van der Waals surface area (Å²) in [5, 5.41) is 1.04. The maximum absolute atomic E-state index is 12.7. The van der Waals surface area contributed by atoms with E-state index in [1.165, 1.54) is 0 Å². The van der Waals surface area contributed by atoms with Crippen LogP contribution in [0, 0.1) is 0 Å². The lowest BCUT2D eigenvalue weighted by Crippen LogP contribution is -2.31. The number of halogens is 1. The Kier molecular flexibility index (Phi) is 22.0. The standard InChI is InChI=1S/C23H27NO2.C19H21NO2.C4H7Br.CH4/c1-5-6-17-20(22(25)26-23(2,3)4)24-21(18-13-9-7-10-14-18)19-15-11-8-12-16-19;1-19(2,3)22-17(21)14-20-18(15-10-6-4-7-11-15)16-12-8-5-9-13-16;1-2-3-4-5;/h5,7-16,20H,1,6,17H2,2-4H3;4-13H,14H2,1-3H3;2H,1,3-4H2;1H4/t20-;;;/m0.../s1. The number of carbonyl (C=O) groups is 2. The highest BCUT2D eigenvalue weighted by molar-refractivity contribution is 9.09. The number of alkyl halides is 1. The number of allylic oxidation sites excluding steroid dienone is 2. The van der Waals surface area contributed by atoms with Crippen molar-refractivity contribution in [1.82, 2.24) is 0 Å². The average molecular weight is 796 g/mol. The molecule has 4 rings (SSSR count). The van der Waals surface area contributed by atoms with Crippen molar-refractivity contribution in [3.05, 3.63) is 169 Å². The van der Waals surface area contributed by atoms with Crippen LogP contribution >= 0.6 is 15.9 Å². The fourth-order valence-electron chi connectivity index (χ4n) is 4.68. The van der Waals surface area contributed by atoms with Gasteiger partial charge in [0.15, 0.2) is 0 Å². The molecule has 0 aliphatic heterocycles. The Morgan fingerprint density at radius 3 is 1.31 bits per heavy atom. The lowest BCUT2D eigenvalue weighted by molar-refractivity contribution is -0.156. The first-order valence-corrected chi connectivity index (χ1v) is 19.0. The van der Waals surface area contributed by atoms with Crippen LogP contribution in [0.1, 0.15) is 90.5 Å². The summed E-state index contributed by atoms with van der Waals surface area (Å²) in [5.41, 5.74) is 4.48. The molecule has 0 aromatic heterocycles. The fraction of sp³-hybridized carbons (Fsp3) is 0.319. The van der Waals surface area contributed by atoms with E-state index in [0.717, 1.165) is 45.4 Å². The Morgan fingerprint density at radius 2 is 1.00 bits per heavy atom. The molecular formula is C47H59BrN2O4. The van der Waals surface area contributed by atoms with Crippen molar-refractivity contribution >= 4 is 39.3 Å². The number of hydrogen-bond donors (Lipinski definition) is 0. The van der Waals surface area contributed by atoms with Gasteiger partial charge in [-0.3, -0.25) is 14.8 Å². The van der Waals surface area contributed by atoms with Gasteiger partial charge in [0.05, 0.1) is 11.4 Å². The number of nitrogens with zero attached hydrogens (tertiary/aromatic N) is 2. The van der Waals surface area contributed by atoms with Crippen molar-refractivity contribution in [2.75, 3.05) is 11.9 Å². The maximum Gasteiger partial charge on any atom is 0.331 e. The van der Waals surface area contributed by atoms with Crippen molar-refractivity contribution in [3.8, 4) is 0 Å². The van der Waals surface area contributed by atoms with E-state index >= 15 is 0 Å². The number of aliphatic imine (C=N–C) groups is 2. The van der Waals surface area contributed by atoms with Crippen LogP contribution in [-0.2, 0) is 19.1 Å². The lowest BCUT2D eigenvalue weighted by atomic mass is 10.0. The van der Waals surface area contributed by atoms with E-state index in [0.29, 0.717) is 12.8 Å². The zero-order valence-corrected chi connectivity index (χ0v) is 33.7. The number of ether oxygens (including phenoxy) is 2. The quantitative estimate of drug-likeness (QED) is 0.0584. The molecule has 0 saturated heterocycles. The first-order valence-electron chi connectivity index (χ1n) is 17.8. The third-order valence-corrected chi connectivity index (χ3v) is 7.35. The lowest BCUT2D eigenvalue weighted by Gasteiger charge is -2.23. The number of hydrogen-bond acceptors (Lipinski definition) is 6. The van der Waals surface area contributed by atoms with E-state index in [-0.39, 0.29) is 25.9 Å². The molecule has 0 aliphatic carbocycles. The van der Waals surface area contributed by atoms with Gasteiger partial charge in [-0.15, -0.1) is 13.2 Å². The highest BCUT2D eigenvalue weighted by atomic mass is 79.9. The van der Waals surface area contributed by atoms with Gasteiger partial charge in [-0.1, -0.05) is 157 Å². The van der Waals surface area contributed by atoms with Gasteiger partial charge in [0.1, 0.15) is 23.8 Å². The Morgan fingerprint density at radius 1 is 0.630 bits per heavy atom. The monoisotopic (exact) mass is 794 g/mol. The molecular weight excluding hydrogens is 736 g/mol. The zero-order chi connectivity index (χ0) is 39.1. The molecule has 54 heavy (non-hydrogen) atoms. The minimum Gasteiger partial charge on any atom is -0.459 e. The third-order valence-electron chi connectivity index (χ3n) is 6.90. The second kappa shape index (κ2) is 25.2. The van der Waals surface area contributed by atoms with Crippen molar-refractivity contribution in [3.63, 3.8) is 0 Å². The van der Waals surface area contributed by atoms with E-state index < -0.39 is 17.2 Å². The van der Waals surface area contributed by atoms with Crippen LogP contribution in [0.3, 0.4) is 0 Å². The summed E-state index contributed by atoms with van der Waals surface area (Å²) in [5.74, 6) is -0.624. The summed E-state index contributed by atoms with van der Waals surface area (Å²) >= 11 is 3.24. The van der Waals surface area contributed by atoms with Gasteiger partial charge in [0.25, 0.3) is 0 Å². The van der Waals surface area contributed by atoms with Gasteiger partial charge >= 0.3 is 11.9 Å². The first kappa shape index (κ1) is 47.1. The molecule has 0 spiro atoms. The molecule has 0 unspecified atom stereocenters. The van der Waals surface area contributed by atoms with Crippen molar-refractivity contribution < 1.29 is 19.1 Å². The van der Waals surface area contributed by atoms with E-state index in [4.69, 9.17) is 14.5 Å². The van der Waals surface area contributed by atoms with Crippen molar-refractivity contribution in [2.24, 2.45) is 9.98 Å². The van der Waals surface area contributed by atoms with Crippen LogP contribution in [-0.4, -0.2) is 52.5 Å². The van der Waals surface area contributed by atoms with E-state index in [9.17, 15) is 9.59 Å². The molecule has 0 aliphatic rings. The van der Waals surface area contributed by atoms with E-state index in [1.54, 1.807) is 6.08 Å². The van der Waals surface area contributed by atoms with Crippen LogP contribution in [0.4, 0.5) is 0 Å². The second-order valence-corrected chi connectivity index (χ2v) is 14.7. The van der Waals surface area contributed by atoms with Gasteiger partial charge in [-0.05, 0) is 60.8 Å².